The normalized spacial score (nSPS) is 15.9. The number of esters is 1. The Morgan fingerprint density at radius 3 is 2.39 bits per heavy atom. The van der Waals surface area contributed by atoms with E-state index in [1.165, 1.54) is 7.11 Å². The topological polar surface area (TPSA) is 46.6 Å². The predicted octanol–water partition coefficient (Wildman–Crippen LogP) is 1.85. The Labute approximate surface area is 107 Å². The van der Waals surface area contributed by atoms with Crippen LogP contribution in [0.2, 0.25) is 0 Å². The second kappa shape index (κ2) is 5.21. The van der Waals surface area contributed by atoms with Crippen LogP contribution in [0.15, 0.2) is 30.3 Å². The average Bonchev–Trinajstić information content (AvgIpc) is 3.23. The summed E-state index contributed by atoms with van der Waals surface area (Å²) in [6, 6.07) is 8.68. The molecule has 0 aliphatic heterocycles. The van der Waals surface area contributed by atoms with Gasteiger partial charge >= 0.3 is 5.97 Å². The minimum absolute atomic E-state index is 0.101. The fourth-order valence-electron chi connectivity index (χ4n) is 2.02. The molecular formula is C14H17NO3. The molecule has 18 heavy (non-hydrogen) atoms. The number of benzene rings is 1. The number of carbonyl (C=O) groups is 2. The van der Waals surface area contributed by atoms with E-state index in [0.717, 1.165) is 12.8 Å². The number of nitrogens with zero attached hydrogens (tertiary/aromatic N) is 1. The van der Waals surface area contributed by atoms with Crippen LogP contribution in [-0.4, -0.2) is 36.0 Å². The largest absolute Gasteiger partial charge is 0.467 e. The first-order chi connectivity index (χ1) is 8.65. The lowest BCUT2D eigenvalue weighted by atomic mass is 10.1. The van der Waals surface area contributed by atoms with Crippen molar-refractivity contribution in [3.8, 4) is 0 Å². The summed E-state index contributed by atoms with van der Waals surface area (Å²) < 4.78 is 4.72. The molecule has 0 spiro atoms. The molecule has 0 aromatic heterocycles. The molecule has 4 nitrogen and oxygen atoms in total. The minimum Gasteiger partial charge on any atom is -0.467 e. The number of carbonyl (C=O) groups excluding carboxylic acids is 2. The maximum absolute atomic E-state index is 12.4. The Hall–Kier alpha value is -1.84. The third-order valence-corrected chi connectivity index (χ3v) is 3.16. The van der Waals surface area contributed by atoms with Crippen molar-refractivity contribution >= 4 is 11.9 Å². The average molecular weight is 247 g/mol. The van der Waals surface area contributed by atoms with Gasteiger partial charge in [-0.05, 0) is 31.9 Å². The van der Waals surface area contributed by atoms with E-state index in [2.05, 4.69) is 0 Å². The summed E-state index contributed by atoms with van der Waals surface area (Å²) >= 11 is 0. The number of hydrogen-bond acceptors (Lipinski definition) is 3. The van der Waals surface area contributed by atoms with Crippen LogP contribution in [-0.2, 0) is 9.53 Å². The zero-order chi connectivity index (χ0) is 13.1. The number of ether oxygens (including phenoxy) is 1. The highest BCUT2D eigenvalue weighted by Gasteiger charge is 2.39. The Morgan fingerprint density at radius 1 is 1.28 bits per heavy atom. The van der Waals surface area contributed by atoms with Gasteiger partial charge in [-0.3, -0.25) is 4.79 Å². The minimum atomic E-state index is -0.532. The van der Waals surface area contributed by atoms with Gasteiger partial charge in [0, 0.05) is 11.6 Å². The van der Waals surface area contributed by atoms with Gasteiger partial charge in [0.05, 0.1) is 7.11 Å². The van der Waals surface area contributed by atoms with Gasteiger partial charge in [0.25, 0.3) is 5.91 Å². The molecule has 0 heterocycles. The molecule has 1 unspecified atom stereocenters. The van der Waals surface area contributed by atoms with E-state index in [1.807, 2.05) is 18.2 Å². The summed E-state index contributed by atoms with van der Waals surface area (Å²) in [6.45, 7) is 1.71. The highest BCUT2D eigenvalue weighted by Crippen LogP contribution is 2.30. The lowest BCUT2D eigenvalue weighted by molar-refractivity contribution is -0.145. The standard InChI is InChI=1S/C14H17NO3/c1-10(14(17)18-2)15(12-8-9-12)13(16)11-6-4-3-5-7-11/h3-7,10,12H,8-9H2,1-2H3. The van der Waals surface area contributed by atoms with E-state index < -0.39 is 6.04 Å². The van der Waals surface area contributed by atoms with E-state index in [4.69, 9.17) is 4.74 Å². The fraction of sp³-hybridized carbons (Fsp3) is 0.429. The van der Waals surface area contributed by atoms with Gasteiger partial charge in [0.2, 0.25) is 0 Å². The molecule has 1 aliphatic rings. The van der Waals surface area contributed by atoms with E-state index in [1.54, 1.807) is 24.0 Å². The van der Waals surface area contributed by atoms with Crippen molar-refractivity contribution in [3.63, 3.8) is 0 Å². The Bertz CT molecular complexity index is 440. The van der Waals surface area contributed by atoms with Gasteiger partial charge in [0.1, 0.15) is 6.04 Å². The molecule has 1 aliphatic carbocycles. The molecule has 0 N–H and O–H groups in total. The van der Waals surface area contributed by atoms with Crippen molar-refractivity contribution < 1.29 is 14.3 Å². The lowest BCUT2D eigenvalue weighted by Gasteiger charge is -2.27. The third-order valence-electron chi connectivity index (χ3n) is 3.16. The van der Waals surface area contributed by atoms with Crippen molar-refractivity contribution in [2.24, 2.45) is 0 Å². The summed E-state index contributed by atoms with van der Waals surface area (Å²) in [5, 5.41) is 0. The molecule has 1 aromatic carbocycles. The van der Waals surface area contributed by atoms with Crippen LogP contribution < -0.4 is 0 Å². The molecule has 0 bridgehead atoms. The van der Waals surface area contributed by atoms with Gasteiger partial charge in [-0.15, -0.1) is 0 Å². The SMILES string of the molecule is COC(=O)C(C)N(C(=O)c1ccccc1)C1CC1. The quantitative estimate of drug-likeness (QED) is 0.763. The number of rotatable bonds is 4. The molecule has 0 saturated heterocycles. The Morgan fingerprint density at radius 2 is 1.89 bits per heavy atom. The van der Waals surface area contributed by atoms with Crippen LogP contribution in [0.25, 0.3) is 0 Å². The van der Waals surface area contributed by atoms with Gasteiger partial charge < -0.3 is 9.64 Å². The van der Waals surface area contributed by atoms with Crippen molar-refractivity contribution in [2.45, 2.75) is 31.8 Å². The highest BCUT2D eigenvalue weighted by molar-refractivity contribution is 5.97. The second-order valence-electron chi connectivity index (χ2n) is 4.51. The highest BCUT2D eigenvalue weighted by atomic mass is 16.5. The predicted molar refractivity (Wildman–Crippen MR) is 67.1 cm³/mol. The smallest absolute Gasteiger partial charge is 0.328 e. The zero-order valence-electron chi connectivity index (χ0n) is 10.6. The molecule has 1 amide bonds. The van der Waals surface area contributed by atoms with Crippen LogP contribution >= 0.6 is 0 Å². The van der Waals surface area contributed by atoms with Crippen LogP contribution in [0, 0.1) is 0 Å². The molecule has 2 rings (SSSR count). The molecule has 1 fully saturated rings. The van der Waals surface area contributed by atoms with Crippen LogP contribution in [0.5, 0.6) is 0 Å². The van der Waals surface area contributed by atoms with Gasteiger partial charge in [0.15, 0.2) is 0 Å². The summed E-state index contributed by atoms with van der Waals surface area (Å²) in [6.07, 6.45) is 1.92. The van der Waals surface area contributed by atoms with Crippen molar-refractivity contribution in [1.29, 1.82) is 0 Å². The Kier molecular flexibility index (Phi) is 3.65. The Balaban J connectivity index is 2.20. The fourth-order valence-corrected chi connectivity index (χ4v) is 2.02. The first-order valence-corrected chi connectivity index (χ1v) is 6.10. The van der Waals surface area contributed by atoms with Crippen LogP contribution in [0.3, 0.4) is 0 Å². The summed E-state index contributed by atoms with van der Waals surface area (Å²) in [4.78, 5) is 25.7. The first-order valence-electron chi connectivity index (χ1n) is 6.10. The number of amides is 1. The van der Waals surface area contributed by atoms with Crippen molar-refractivity contribution in [1.82, 2.24) is 4.90 Å². The van der Waals surface area contributed by atoms with Crippen LogP contribution in [0.4, 0.5) is 0 Å². The molecule has 1 atom stereocenters. The van der Waals surface area contributed by atoms with Gasteiger partial charge in [-0.2, -0.15) is 0 Å². The third kappa shape index (κ3) is 2.53. The molecular weight excluding hydrogens is 230 g/mol. The van der Waals surface area contributed by atoms with Crippen molar-refractivity contribution in [2.75, 3.05) is 7.11 Å². The van der Waals surface area contributed by atoms with Crippen LogP contribution in [0.1, 0.15) is 30.1 Å². The summed E-state index contributed by atoms with van der Waals surface area (Å²) in [7, 11) is 1.34. The number of methoxy groups -OCH3 is 1. The maximum atomic E-state index is 12.4. The molecule has 0 radical (unpaired) electrons. The van der Waals surface area contributed by atoms with Gasteiger partial charge in [-0.1, -0.05) is 18.2 Å². The van der Waals surface area contributed by atoms with E-state index >= 15 is 0 Å². The first kappa shape index (κ1) is 12.6. The summed E-state index contributed by atoms with van der Waals surface area (Å²) in [5.74, 6) is -0.470. The van der Waals surface area contributed by atoms with E-state index in [-0.39, 0.29) is 17.9 Å². The lowest BCUT2D eigenvalue weighted by Crippen LogP contribution is -2.45. The second-order valence-corrected chi connectivity index (χ2v) is 4.51. The molecule has 4 heteroatoms. The van der Waals surface area contributed by atoms with E-state index in [9.17, 15) is 9.59 Å². The van der Waals surface area contributed by atoms with E-state index in [0.29, 0.717) is 5.56 Å². The summed E-state index contributed by atoms with van der Waals surface area (Å²) in [5.41, 5.74) is 0.611. The van der Waals surface area contributed by atoms with Gasteiger partial charge in [-0.25, -0.2) is 4.79 Å². The zero-order valence-corrected chi connectivity index (χ0v) is 10.6. The molecule has 1 aromatic rings. The monoisotopic (exact) mass is 247 g/mol. The molecule has 96 valence electrons. The number of hydrogen-bond donors (Lipinski definition) is 0. The van der Waals surface area contributed by atoms with Crippen molar-refractivity contribution in [3.05, 3.63) is 35.9 Å². The maximum Gasteiger partial charge on any atom is 0.328 e. The molecule has 1 saturated carbocycles.